The maximum atomic E-state index is 12.0. The lowest BCUT2D eigenvalue weighted by molar-refractivity contribution is -0.123. The van der Waals surface area contributed by atoms with Crippen LogP contribution in [0.4, 0.5) is 0 Å². The van der Waals surface area contributed by atoms with Crippen molar-refractivity contribution in [3.05, 3.63) is 87.9 Å². The highest BCUT2D eigenvalue weighted by molar-refractivity contribution is 6.31. The molecule has 0 bridgehead atoms. The smallest absolute Gasteiger partial charge is 0.277 e. The van der Waals surface area contributed by atoms with Crippen LogP contribution in [0.5, 0.6) is 17.2 Å². The van der Waals surface area contributed by atoms with Crippen LogP contribution in [0, 0.1) is 13.8 Å². The number of ether oxygens (including phenoxy) is 3. The van der Waals surface area contributed by atoms with Gasteiger partial charge in [0.25, 0.3) is 5.91 Å². The Bertz CT molecular complexity index is 1110. The molecule has 0 saturated heterocycles. The number of carbonyl (C=O) groups excluding carboxylic acids is 1. The first-order valence-electron chi connectivity index (χ1n) is 10.0. The fourth-order valence-electron chi connectivity index (χ4n) is 2.97. The fourth-order valence-corrected chi connectivity index (χ4v) is 3.16. The third-order valence-electron chi connectivity index (χ3n) is 4.62. The lowest BCUT2D eigenvalue weighted by atomic mass is 10.1. The quantitative estimate of drug-likeness (QED) is 0.363. The van der Waals surface area contributed by atoms with E-state index in [0.29, 0.717) is 28.9 Å². The molecule has 3 aromatic rings. The second-order valence-corrected chi connectivity index (χ2v) is 7.55. The van der Waals surface area contributed by atoms with E-state index in [2.05, 4.69) is 10.5 Å². The monoisotopic (exact) mass is 452 g/mol. The molecule has 3 rings (SSSR count). The van der Waals surface area contributed by atoms with E-state index in [1.54, 1.807) is 19.2 Å². The van der Waals surface area contributed by atoms with Gasteiger partial charge in [0.2, 0.25) is 0 Å². The Morgan fingerprint density at radius 2 is 1.78 bits per heavy atom. The van der Waals surface area contributed by atoms with Crippen molar-refractivity contribution >= 4 is 23.7 Å². The summed E-state index contributed by atoms with van der Waals surface area (Å²) in [6.45, 7) is 4.14. The first kappa shape index (κ1) is 23.2. The van der Waals surface area contributed by atoms with E-state index in [0.717, 1.165) is 22.3 Å². The number of nitrogens with zero attached hydrogens (tertiary/aromatic N) is 1. The van der Waals surface area contributed by atoms with Crippen molar-refractivity contribution in [1.29, 1.82) is 0 Å². The molecule has 3 aromatic carbocycles. The van der Waals surface area contributed by atoms with Crippen molar-refractivity contribution in [3.8, 4) is 17.2 Å². The second-order valence-electron chi connectivity index (χ2n) is 7.14. The van der Waals surface area contributed by atoms with Crippen LogP contribution < -0.4 is 19.6 Å². The van der Waals surface area contributed by atoms with Crippen molar-refractivity contribution in [3.63, 3.8) is 0 Å². The Morgan fingerprint density at radius 1 is 1.00 bits per heavy atom. The van der Waals surface area contributed by atoms with E-state index in [1.165, 1.54) is 6.21 Å². The molecule has 0 unspecified atom stereocenters. The minimum absolute atomic E-state index is 0.126. The highest BCUT2D eigenvalue weighted by Gasteiger charge is 2.08. The number of rotatable bonds is 9. The molecule has 7 heteroatoms. The Hall–Kier alpha value is -3.51. The Balaban J connectivity index is 1.53. The molecule has 0 saturated carbocycles. The molecule has 0 fully saturated rings. The molecule has 0 spiro atoms. The molecule has 6 nitrogen and oxygen atoms in total. The summed E-state index contributed by atoms with van der Waals surface area (Å²) in [5.41, 5.74) is 6.19. The van der Waals surface area contributed by atoms with Gasteiger partial charge in [-0.1, -0.05) is 47.5 Å². The number of carbonyl (C=O) groups is 1. The van der Waals surface area contributed by atoms with E-state index < -0.39 is 0 Å². The van der Waals surface area contributed by atoms with E-state index in [4.69, 9.17) is 25.8 Å². The summed E-state index contributed by atoms with van der Waals surface area (Å²) in [5.74, 6) is 1.45. The van der Waals surface area contributed by atoms with E-state index >= 15 is 0 Å². The van der Waals surface area contributed by atoms with Crippen molar-refractivity contribution in [2.75, 3.05) is 13.7 Å². The van der Waals surface area contributed by atoms with Crippen LogP contribution >= 0.6 is 11.6 Å². The zero-order valence-corrected chi connectivity index (χ0v) is 19.0. The average Bonchev–Trinajstić information content (AvgIpc) is 2.78. The van der Waals surface area contributed by atoms with Crippen LogP contribution in [0.2, 0.25) is 5.02 Å². The number of aryl methyl sites for hydroxylation is 2. The molecule has 0 aliphatic carbocycles. The van der Waals surface area contributed by atoms with Gasteiger partial charge in [0.1, 0.15) is 12.4 Å². The maximum absolute atomic E-state index is 12.0. The van der Waals surface area contributed by atoms with E-state index in [1.807, 2.05) is 62.4 Å². The molecule has 166 valence electrons. The number of halogens is 1. The molecule has 32 heavy (non-hydrogen) atoms. The zero-order valence-electron chi connectivity index (χ0n) is 18.2. The van der Waals surface area contributed by atoms with Gasteiger partial charge < -0.3 is 14.2 Å². The number of benzene rings is 3. The molecule has 0 aliphatic heterocycles. The van der Waals surface area contributed by atoms with Crippen LogP contribution in [-0.4, -0.2) is 25.8 Å². The lowest BCUT2D eigenvalue weighted by Gasteiger charge is -2.12. The molecule has 1 N–H and O–H groups in total. The highest BCUT2D eigenvalue weighted by atomic mass is 35.5. The van der Waals surface area contributed by atoms with Gasteiger partial charge in [-0.15, -0.1) is 0 Å². The zero-order chi connectivity index (χ0) is 22.9. The summed E-state index contributed by atoms with van der Waals surface area (Å²) >= 11 is 6.17. The number of hydrazone groups is 1. The normalized spacial score (nSPS) is 10.8. The topological polar surface area (TPSA) is 69.2 Å². The fraction of sp³-hybridized carbons (Fsp3) is 0.200. The van der Waals surface area contributed by atoms with Gasteiger partial charge in [0.15, 0.2) is 18.1 Å². The van der Waals surface area contributed by atoms with Gasteiger partial charge >= 0.3 is 0 Å². The van der Waals surface area contributed by atoms with Gasteiger partial charge in [0.05, 0.1) is 13.3 Å². The largest absolute Gasteiger partial charge is 0.493 e. The number of nitrogens with one attached hydrogen (secondary N) is 1. The molecule has 1 amide bonds. The van der Waals surface area contributed by atoms with Gasteiger partial charge in [-0.05, 0) is 55.3 Å². The van der Waals surface area contributed by atoms with Crippen molar-refractivity contribution in [2.45, 2.75) is 20.5 Å². The lowest BCUT2D eigenvalue weighted by Crippen LogP contribution is -2.24. The number of amides is 1. The summed E-state index contributed by atoms with van der Waals surface area (Å²) in [7, 11) is 1.56. The summed E-state index contributed by atoms with van der Waals surface area (Å²) in [6.07, 6.45) is 1.52. The van der Waals surface area contributed by atoms with Crippen molar-refractivity contribution < 1.29 is 19.0 Å². The summed E-state index contributed by atoms with van der Waals surface area (Å²) in [4.78, 5) is 12.0. The van der Waals surface area contributed by atoms with Crippen LogP contribution in [0.15, 0.2) is 65.8 Å². The summed E-state index contributed by atoms with van der Waals surface area (Å²) < 4.78 is 16.8. The SMILES string of the molecule is COc1cc(C=NNC(=O)COc2ccc(C)cc2C)ccc1OCc1ccccc1Cl. The standard InChI is InChI=1S/C25H25ClN2O4/c1-17-8-10-22(18(2)12-17)32-16-25(29)28-27-14-19-9-11-23(24(13-19)30-3)31-15-20-6-4-5-7-21(20)26/h4-14H,15-16H2,1-3H3,(H,28,29). The maximum Gasteiger partial charge on any atom is 0.277 e. The third-order valence-corrected chi connectivity index (χ3v) is 4.99. The predicted octanol–water partition coefficient (Wildman–Crippen LogP) is 5.07. The number of methoxy groups -OCH3 is 1. The second kappa shape index (κ2) is 11.2. The predicted molar refractivity (Wildman–Crippen MR) is 126 cm³/mol. The summed E-state index contributed by atoms with van der Waals surface area (Å²) in [5, 5.41) is 4.63. The molecule has 0 radical (unpaired) electrons. The van der Waals surface area contributed by atoms with Crippen molar-refractivity contribution in [1.82, 2.24) is 5.43 Å². The van der Waals surface area contributed by atoms with Gasteiger partial charge in [0, 0.05) is 10.6 Å². The Kier molecular flexibility index (Phi) is 8.11. The van der Waals surface area contributed by atoms with Crippen LogP contribution in [0.3, 0.4) is 0 Å². The third kappa shape index (κ3) is 6.49. The van der Waals surface area contributed by atoms with E-state index in [9.17, 15) is 4.79 Å². The minimum Gasteiger partial charge on any atom is -0.493 e. The molecule has 0 atom stereocenters. The van der Waals surface area contributed by atoms with Crippen molar-refractivity contribution in [2.24, 2.45) is 5.10 Å². The van der Waals surface area contributed by atoms with Crippen LogP contribution in [0.1, 0.15) is 22.3 Å². The first-order chi connectivity index (χ1) is 15.5. The van der Waals surface area contributed by atoms with Gasteiger partial charge in [-0.25, -0.2) is 5.43 Å². The Labute approximate surface area is 192 Å². The van der Waals surface area contributed by atoms with Gasteiger partial charge in [-0.3, -0.25) is 4.79 Å². The van der Waals surface area contributed by atoms with Crippen LogP contribution in [0.25, 0.3) is 0 Å². The summed E-state index contributed by atoms with van der Waals surface area (Å²) in [6, 6.07) is 18.6. The van der Waals surface area contributed by atoms with Gasteiger partial charge in [-0.2, -0.15) is 5.10 Å². The molecular formula is C25H25ClN2O4. The number of hydrogen-bond acceptors (Lipinski definition) is 5. The van der Waals surface area contributed by atoms with E-state index in [-0.39, 0.29) is 12.5 Å². The number of hydrogen-bond donors (Lipinski definition) is 1. The highest BCUT2D eigenvalue weighted by Crippen LogP contribution is 2.29. The molecular weight excluding hydrogens is 428 g/mol. The Morgan fingerprint density at radius 3 is 2.53 bits per heavy atom. The minimum atomic E-state index is -0.354. The molecule has 0 aliphatic rings. The van der Waals surface area contributed by atoms with Crippen LogP contribution in [-0.2, 0) is 11.4 Å². The first-order valence-corrected chi connectivity index (χ1v) is 10.4. The molecule has 0 heterocycles. The molecule has 0 aromatic heterocycles. The average molecular weight is 453 g/mol.